The van der Waals surface area contributed by atoms with Crippen LogP contribution in [0.1, 0.15) is 13.3 Å². The molecule has 3 N–H and O–H groups in total. The van der Waals surface area contributed by atoms with E-state index in [-0.39, 0.29) is 11.5 Å². The lowest BCUT2D eigenvalue weighted by atomic mass is 10.5. The van der Waals surface area contributed by atoms with Gasteiger partial charge in [-0.1, -0.05) is 19.1 Å². The van der Waals surface area contributed by atoms with E-state index in [1.54, 1.807) is 0 Å². The molecule has 0 aliphatic heterocycles. The highest BCUT2D eigenvalue weighted by Crippen LogP contribution is 1.92. The maximum atomic E-state index is 11.3. The van der Waals surface area contributed by atoms with Gasteiger partial charge in [-0.3, -0.25) is 0 Å². The second-order valence-electron chi connectivity index (χ2n) is 2.62. The first-order valence-electron chi connectivity index (χ1n) is 3.89. The Morgan fingerprint density at radius 2 is 2.15 bits per heavy atom. The third kappa shape index (κ3) is 5.14. The van der Waals surface area contributed by atoms with Crippen molar-refractivity contribution in [2.75, 3.05) is 20.1 Å². The smallest absolute Gasteiger partial charge is 0.279 e. The molecule has 0 fully saturated rings. The van der Waals surface area contributed by atoms with Crippen LogP contribution in [0.3, 0.4) is 0 Å². The molecule has 0 aromatic heterocycles. The molecule has 0 spiro atoms. The van der Waals surface area contributed by atoms with Crippen molar-refractivity contribution in [1.29, 1.82) is 0 Å². The van der Waals surface area contributed by atoms with Gasteiger partial charge in [0.1, 0.15) is 0 Å². The van der Waals surface area contributed by atoms with E-state index in [1.807, 2.05) is 6.92 Å². The van der Waals surface area contributed by atoms with Crippen molar-refractivity contribution in [3.8, 4) is 0 Å². The Labute approximate surface area is 84.5 Å². The molecule has 0 aromatic rings. The topological polar surface area (TPSA) is 75.4 Å². The van der Waals surface area contributed by atoms with Gasteiger partial charge in [0.15, 0.2) is 0 Å². The molecule has 13 heavy (non-hydrogen) atoms. The van der Waals surface area contributed by atoms with E-state index in [9.17, 15) is 8.42 Å². The van der Waals surface area contributed by atoms with E-state index in [0.29, 0.717) is 6.54 Å². The van der Waals surface area contributed by atoms with Crippen LogP contribution in [-0.4, -0.2) is 37.8 Å². The summed E-state index contributed by atoms with van der Waals surface area (Å²) in [4.78, 5) is 0.157. The molecule has 0 rings (SSSR count). The first-order chi connectivity index (χ1) is 5.90. The zero-order chi connectivity index (χ0) is 10.5. The van der Waals surface area contributed by atoms with Crippen molar-refractivity contribution in [2.45, 2.75) is 13.3 Å². The van der Waals surface area contributed by atoms with Gasteiger partial charge in [-0.15, -0.1) is 0 Å². The van der Waals surface area contributed by atoms with Crippen LogP contribution in [0, 0.1) is 0 Å². The zero-order valence-electron chi connectivity index (χ0n) is 7.78. The first-order valence-corrected chi connectivity index (χ1v) is 5.74. The number of nitrogens with one attached hydrogen (secondary N) is 1. The molecule has 0 aliphatic rings. The quantitative estimate of drug-likeness (QED) is 0.595. The fourth-order valence-electron chi connectivity index (χ4n) is 0.646. The fraction of sp³-hybridized carbons (Fsp3) is 0.833. The van der Waals surface area contributed by atoms with E-state index in [1.165, 1.54) is 7.05 Å². The molecule has 0 aromatic carbocycles. The van der Waals surface area contributed by atoms with Gasteiger partial charge in [-0.05, 0) is 6.42 Å². The Morgan fingerprint density at radius 3 is 2.54 bits per heavy atom. The Bertz CT molecular complexity index is 263. The number of nitrogens with two attached hydrogens (primary N) is 1. The Morgan fingerprint density at radius 1 is 1.62 bits per heavy atom. The average molecular weight is 225 g/mol. The second-order valence-corrected chi connectivity index (χ2v) is 5.01. The summed E-state index contributed by atoms with van der Waals surface area (Å²) >= 11 is 4.60. The highest BCUT2D eigenvalue weighted by atomic mass is 32.2. The Hall–Kier alpha value is -0.240. The highest BCUT2D eigenvalue weighted by Gasteiger charge is 2.16. The summed E-state index contributed by atoms with van der Waals surface area (Å²) in [5.41, 5.74) is 5.22. The van der Waals surface area contributed by atoms with Gasteiger partial charge in [-0.25, -0.2) is 4.72 Å². The summed E-state index contributed by atoms with van der Waals surface area (Å²) in [6.07, 6.45) is 0.750. The van der Waals surface area contributed by atoms with E-state index in [2.05, 4.69) is 16.9 Å². The number of likely N-dealkylation sites (N-methyl/N-ethyl adjacent to an activating group) is 1. The maximum absolute atomic E-state index is 11.3. The molecule has 0 aliphatic carbocycles. The zero-order valence-corrected chi connectivity index (χ0v) is 9.41. The number of hydrogen-bond acceptors (Lipinski definition) is 3. The SMILES string of the molecule is CCCNS(=O)(=O)N(C)CC(N)=S. The molecule has 0 amide bonds. The Kier molecular flexibility index (Phi) is 5.38. The van der Waals surface area contributed by atoms with Crippen LogP contribution in [0.2, 0.25) is 0 Å². The largest absolute Gasteiger partial charge is 0.392 e. The first kappa shape index (κ1) is 12.8. The molecule has 0 saturated carbocycles. The lowest BCUT2D eigenvalue weighted by molar-refractivity contribution is 0.491. The summed E-state index contributed by atoms with van der Waals surface area (Å²) in [6, 6.07) is 0. The fourth-order valence-corrected chi connectivity index (χ4v) is 1.91. The van der Waals surface area contributed by atoms with Gasteiger partial charge in [0.2, 0.25) is 0 Å². The normalized spacial score (nSPS) is 11.9. The van der Waals surface area contributed by atoms with Crippen LogP contribution in [0.4, 0.5) is 0 Å². The van der Waals surface area contributed by atoms with Crippen LogP contribution in [-0.2, 0) is 10.2 Å². The predicted octanol–water partition coefficient (Wildman–Crippen LogP) is -0.551. The lowest BCUT2D eigenvalue weighted by Gasteiger charge is -2.16. The lowest BCUT2D eigenvalue weighted by Crippen LogP contribution is -2.42. The van der Waals surface area contributed by atoms with E-state index < -0.39 is 10.2 Å². The summed E-state index contributed by atoms with van der Waals surface area (Å²) < 4.78 is 26.1. The molecule has 0 saturated heterocycles. The molecule has 0 radical (unpaired) electrons. The summed E-state index contributed by atoms with van der Waals surface area (Å²) in [5, 5.41) is 0. The van der Waals surface area contributed by atoms with Crippen molar-refractivity contribution in [1.82, 2.24) is 9.03 Å². The summed E-state index contributed by atoms with van der Waals surface area (Å²) in [6.45, 7) is 2.37. The third-order valence-electron chi connectivity index (χ3n) is 1.32. The monoisotopic (exact) mass is 225 g/mol. The number of nitrogens with zero attached hydrogens (tertiary/aromatic N) is 1. The molecule has 0 atom stereocenters. The molecule has 7 heteroatoms. The van der Waals surface area contributed by atoms with Crippen LogP contribution >= 0.6 is 12.2 Å². The number of rotatable bonds is 6. The van der Waals surface area contributed by atoms with E-state index in [4.69, 9.17) is 5.73 Å². The molecule has 5 nitrogen and oxygen atoms in total. The van der Waals surface area contributed by atoms with Crippen LogP contribution in [0.15, 0.2) is 0 Å². The molecule has 78 valence electrons. The second kappa shape index (κ2) is 5.48. The van der Waals surface area contributed by atoms with Gasteiger partial charge in [0.25, 0.3) is 10.2 Å². The standard InChI is InChI=1S/C6H15N3O2S2/c1-3-4-8-13(10,11)9(2)5-6(7)12/h8H,3-5H2,1-2H3,(H2,7,12). The van der Waals surface area contributed by atoms with Crippen molar-refractivity contribution in [3.63, 3.8) is 0 Å². The van der Waals surface area contributed by atoms with Crippen molar-refractivity contribution in [2.24, 2.45) is 5.73 Å². The minimum absolute atomic E-state index is 0.0639. The molecule has 0 unspecified atom stereocenters. The minimum atomic E-state index is -3.40. The number of hydrogen-bond donors (Lipinski definition) is 2. The molecule has 0 bridgehead atoms. The van der Waals surface area contributed by atoms with Crippen molar-refractivity contribution < 1.29 is 8.42 Å². The predicted molar refractivity (Wildman–Crippen MR) is 56.6 cm³/mol. The van der Waals surface area contributed by atoms with Crippen LogP contribution in [0.5, 0.6) is 0 Å². The van der Waals surface area contributed by atoms with Crippen molar-refractivity contribution >= 4 is 27.4 Å². The van der Waals surface area contributed by atoms with Crippen LogP contribution < -0.4 is 10.5 Å². The van der Waals surface area contributed by atoms with Crippen LogP contribution in [0.25, 0.3) is 0 Å². The summed E-state index contributed by atoms with van der Waals surface area (Å²) in [5.74, 6) is 0. The maximum Gasteiger partial charge on any atom is 0.279 e. The van der Waals surface area contributed by atoms with Gasteiger partial charge < -0.3 is 5.73 Å². The van der Waals surface area contributed by atoms with Gasteiger partial charge in [-0.2, -0.15) is 12.7 Å². The average Bonchev–Trinajstić information content (AvgIpc) is 1.99. The molecule has 0 heterocycles. The Balaban J connectivity index is 4.20. The van der Waals surface area contributed by atoms with Gasteiger partial charge in [0, 0.05) is 13.6 Å². The molecular formula is C6H15N3O2S2. The third-order valence-corrected chi connectivity index (χ3v) is 2.97. The van der Waals surface area contributed by atoms with Crippen molar-refractivity contribution in [3.05, 3.63) is 0 Å². The van der Waals surface area contributed by atoms with E-state index >= 15 is 0 Å². The van der Waals surface area contributed by atoms with E-state index in [0.717, 1.165) is 10.7 Å². The number of thiocarbonyl (C=S) groups is 1. The van der Waals surface area contributed by atoms with Gasteiger partial charge >= 0.3 is 0 Å². The molecular weight excluding hydrogens is 210 g/mol. The van der Waals surface area contributed by atoms with Gasteiger partial charge in [0.05, 0.1) is 11.5 Å². The highest BCUT2D eigenvalue weighted by molar-refractivity contribution is 7.87. The summed E-state index contributed by atoms with van der Waals surface area (Å²) in [7, 11) is -1.97. The minimum Gasteiger partial charge on any atom is -0.392 e.